The Kier molecular flexibility index (Phi) is 3.47. The highest BCUT2D eigenvalue weighted by Crippen LogP contribution is 2.22. The quantitative estimate of drug-likeness (QED) is 0.822. The van der Waals surface area contributed by atoms with Crippen molar-refractivity contribution in [3.8, 4) is 0 Å². The predicted molar refractivity (Wildman–Crippen MR) is 66.1 cm³/mol. The van der Waals surface area contributed by atoms with Gasteiger partial charge in [-0.15, -0.1) is 0 Å². The van der Waals surface area contributed by atoms with E-state index in [0.717, 1.165) is 0 Å². The first-order chi connectivity index (χ1) is 8.58. The maximum absolute atomic E-state index is 11.9. The number of carbonyl (C=O) groups is 1. The molecule has 0 unspecified atom stereocenters. The van der Waals surface area contributed by atoms with Crippen LogP contribution in [-0.2, 0) is 6.54 Å². The topological polar surface area (TPSA) is 94.0 Å². The summed E-state index contributed by atoms with van der Waals surface area (Å²) in [5.74, 6) is 0.511. The molecule has 1 aromatic heterocycles. The lowest BCUT2D eigenvalue weighted by atomic mass is 10.2. The second kappa shape index (κ2) is 5.05. The molecule has 7 heteroatoms. The number of nitrogen functional groups attached to an aromatic ring is 1. The van der Waals surface area contributed by atoms with E-state index >= 15 is 0 Å². The number of rotatable bonds is 3. The summed E-state index contributed by atoms with van der Waals surface area (Å²) >= 11 is 5.94. The van der Waals surface area contributed by atoms with Crippen molar-refractivity contribution in [3.05, 3.63) is 40.5 Å². The molecular weight excluding hydrogens is 256 g/mol. The molecule has 0 saturated carbocycles. The fourth-order valence-corrected chi connectivity index (χ4v) is 1.60. The Hall–Kier alpha value is -2.08. The number of aromatic nitrogens is 2. The number of nitrogens with one attached hydrogen (secondary N) is 1. The van der Waals surface area contributed by atoms with E-state index in [4.69, 9.17) is 21.9 Å². The molecule has 0 aliphatic rings. The molecule has 0 aliphatic heterocycles. The van der Waals surface area contributed by atoms with Gasteiger partial charge in [-0.2, -0.15) is 4.98 Å². The average Bonchev–Trinajstić information content (AvgIpc) is 2.76. The predicted octanol–water partition coefficient (Wildman–Crippen LogP) is 1.54. The Morgan fingerprint density at radius 1 is 1.56 bits per heavy atom. The zero-order valence-corrected chi connectivity index (χ0v) is 10.4. The summed E-state index contributed by atoms with van der Waals surface area (Å²) in [6.45, 7) is 1.84. The molecule has 0 spiro atoms. The van der Waals surface area contributed by atoms with Gasteiger partial charge in [0.25, 0.3) is 5.91 Å². The van der Waals surface area contributed by atoms with Gasteiger partial charge in [-0.25, -0.2) is 0 Å². The summed E-state index contributed by atoms with van der Waals surface area (Å²) < 4.78 is 4.79. The van der Waals surface area contributed by atoms with Crippen LogP contribution in [0, 0.1) is 6.92 Å². The number of anilines is 1. The molecule has 1 heterocycles. The van der Waals surface area contributed by atoms with Crippen molar-refractivity contribution in [3.63, 3.8) is 0 Å². The molecule has 0 radical (unpaired) electrons. The van der Waals surface area contributed by atoms with Crippen molar-refractivity contribution in [1.82, 2.24) is 15.5 Å². The molecule has 6 nitrogen and oxygen atoms in total. The Balaban J connectivity index is 2.06. The van der Waals surface area contributed by atoms with Crippen LogP contribution in [0.15, 0.2) is 22.7 Å². The van der Waals surface area contributed by atoms with E-state index in [2.05, 4.69) is 15.5 Å². The highest BCUT2D eigenvalue weighted by molar-refractivity contribution is 6.36. The van der Waals surface area contributed by atoms with Gasteiger partial charge in [-0.05, 0) is 12.1 Å². The normalized spacial score (nSPS) is 10.3. The van der Waals surface area contributed by atoms with Gasteiger partial charge >= 0.3 is 0 Å². The van der Waals surface area contributed by atoms with Crippen LogP contribution in [0.25, 0.3) is 0 Å². The number of carbonyl (C=O) groups excluding carboxylic acids is 1. The van der Waals surface area contributed by atoms with E-state index in [1.54, 1.807) is 25.1 Å². The standard InChI is InChI=1S/C11H11ClN4O2/c1-6-15-9(16-18-6)5-14-11(17)7-3-2-4-8(13)10(7)12/h2-4H,5,13H2,1H3,(H,14,17). The summed E-state index contributed by atoms with van der Waals surface area (Å²) in [4.78, 5) is 15.8. The Morgan fingerprint density at radius 3 is 3.00 bits per heavy atom. The first-order valence-corrected chi connectivity index (χ1v) is 5.57. The summed E-state index contributed by atoms with van der Waals surface area (Å²) in [7, 11) is 0. The molecule has 3 N–H and O–H groups in total. The zero-order valence-electron chi connectivity index (χ0n) is 9.61. The first kappa shape index (κ1) is 12.4. The molecule has 0 atom stereocenters. The van der Waals surface area contributed by atoms with E-state index < -0.39 is 0 Å². The maximum atomic E-state index is 11.9. The lowest BCUT2D eigenvalue weighted by Crippen LogP contribution is -2.23. The number of nitrogens with two attached hydrogens (primary N) is 1. The molecule has 94 valence electrons. The van der Waals surface area contributed by atoms with E-state index in [1.165, 1.54) is 0 Å². The fourth-order valence-electron chi connectivity index (χ4n) is 1.39. The Bertz CT molecular complexity index is 582. The second-order valence-corrected chi connectivity index (χ2v) is 4.00. The molecule has 1 amide bonds. The smallest absolute Gasteiger partial charge is 0.253 e. The van der Waals surface area contributed by atoms with E-state index in [9.17, 15) is 4.79 Å². The molecule has 18 heavy (non-hydrogen) atoms. The summed E-state index contributed by atoms with van der Waals surface area (Å²) in [5, 5.41) is 6.53. The Labute approximate surface area is 108 Å². The van der Waals surface area contributed by atoms with E-state index in [0.29, 0.717) is 23.0 Å². The first-order valence-electron chi connectivity index (χ1n) is 5.19. The van der Waals surface area contributed by atoms with Gasteiger partial charge in [-0.1, -0.05) is 22.8 Å². The van der Waals surface area contributed by atoms with Crippen LogP contribution in [0.4, 0.5) is 5.69 Å². The van der Waals surface area contributed by atoms with Crippen molar-refractivity contribution in [2.45, 2.75) is 13.5 Å². The highest BCUT2D eigenvalue weighted by Gasteiger charge is 2.12. The summed E-state index contributed by atoms with van der Waals surface area (Å²) in [6, 6.07) is 4.88. The van der Waals surface area contributed by atoms with Crippen LogP contribution in [0.2, 0.25) is 5.02 Å². The molecule has 2 rings (SSSR count). The monoisotopic (exact) mass is 266 g/mol. The molecule has 0 bridgehead atoms. The summed E-state index contributed by atoms with van der Waals surface area (Å²) in [5.41, 5.74) is 6.29. The number of hydrogen-bond acceptors (Lipinski definition) is 5. The lowest BCUT2D eigenvalue weighted by molar-refractivity contribution is 0.0950. The third-order valence-electron chi connectivity index (χ3n) is 2.25. The van der Waals surface area contributed by atoms with Crippen LogP contribution in [-0.4, -0.2) is 16.0 Å². The number of amides is 1. The van der Waals surface area contributed by atoms with Gasteiger partial charge in [0, 0.05) is 6.92 Å². The van der Waals surface area contributed by atoms with Gasteiger partial charge in [-0.3, -0.25) is 4.79 Å². The second-order valence-electron chi connectivity index (χ2n) is 3.62. The largest absolute Gasteiger partial charge is 0.398 e. The summed E-state index contributed by atoms with van der Waals surface area (Å²) in [6.07, 6.45) is 0. The number of nitrogens with zero attached hydrogens (tertiary/aromatic N) is 2. The molecule has 1 aromatic carbocycles. The minimum Gasteiger partial charge on any atom is -0.398 e. The average molecular weight is 267 g/mol. The molecule has 0 aliphatic carbocycles. The van der Waals surface area contributed by atoms with Gasteiger partial charge in [0.2, 0.25) is 5.89 Å². The third kappa shape index (κ3) is 2.60. The van der Waals surface area contributed by atoms with Crippen LogP contribution in [0.1, 0.15) is 22.1 Å². The minimum absolute atomic E-state index is 0.168. The molecule has 0 saturated heterocycles. The van der Waals surface area contributed by atoms with E-state index in [1.807, 2.05) is 0 Å². The van der Waals surface area contributed by atoms with Crippen molar-refractivity contribution in [2.75, 3.05) is 5.73 Å². The van der Waals surface area contributed by atoms with Crippen LogP contribution < -0.4 is 11.1 Å². The number of hydrogen-bond donors (Lipinski definition) is 2. The van der Waals surface area contributed by atoms with Crippen molar-refractivity contribution < 1.29 is 9.32 Å². The van der Waals surface area contributed by atoms with Gasteiger partial charge in [0.15, 0.2) is 5.82 Å². The zero-order chi connectivity index (χ0) is 13.1. The Morgan fingerprint density at radius 2 is 2.33 bits per heavy atom. The number of aryl methyl sites for hydroxylation is 1. The fraction of sp³-hybridized carbons (Fsp3) is 0.182. The third-order valence-corrected chi connectivity index (χ3v) is 2.67. The van der Waals surface area contributed by atoms with Crippen molar-refractivity contribution >= 4 is 23.2 Å². The minimum atomic E-state index is -0.338. The van der Waals surface area contributed by atoms with Gasteiger partial charge < -0.3 is 15.6 Å². The van der Waals surface area contributed by atoms with Crippen molar-refractivity contribution in [2.24, 2.45) is 0 Å². The van der Waals surface area contributed by atoms with Crippen LogP contribution in [0.3, 0.4) is 0 Å². The lowest BCUT2D eigenvalue weighted by Gasteiger charge is -2.06. The van der Waals surface area contributed by atoms with Gasteiger partial charge in [0.1, 0.15) is 0 Å². The van der Waals surface area contributed by atoms with Crippen molar-refractivity contribution in [1.29, 1.82) is 0 Å². The molecule has 0 fully saturated rings. The molecular formula is C11H11ClN4O2. The number of benzene rings is 1. The number of halogens is 1. The molecule has 2 aromatic rings. The SMILES string of the molecule is Cc1nc(CNC(=O)c2cccc(N)c2Cl)no1. The van der Waals surface area contributed by atoms with Crippen LogP contribution in [0.5, 0.6) is 0 Å². The van der Waals surface area contributed by atoms with Crippen LogP contribution >= 0.6 is 11.6 Å². The maximum Gasteiger partial charge on any atom is 0.253 e. The highest BCUT2D eigenvalue weighted by atomic mass is 35.5. The van der Waals surface area contributed by atoms with Gasteiger partial charge in [0.05, 0.1) is 22.8 Å². The van der Waals surface area contributed by atoms with E-state index in [-0.39, 0.29) is 17.5 Å².